The van der Waals surface area contributed by atoms with Gasteiger partial charge < -0.3 is 20.3 Å². The number of carbonyl (C=O) groups excluding carboxylic acids is 2. The zero-order chi connectivity index (χ0) is 25.1. The van der Waals surface area contributed by atoms with E-state index in [4.69, 9.17) is 16.3 Å². The number of ether oxygens (including phenoxy) is 1. The maximum absolute atomic E-state index is 13.2. The molecule has 0 aliphatic carbocycles. The van der Waals surface area contributed by atoms with Gasteiger partial charge in [0.1, 0.15) is 35.6 Å². The number of hydrogen-bond donors (Lipinski definition) is 2. The molecule has 1 aromatic carbocycles. The van der Waals surface area contributed by atoms with E-state index in [2.05, 4.69) is 25.6 Å². The number of carbonyl (C=O) groups is 2. The van der Waals surface area contributed by atoms with E-state index in [1.807, 2.05) is 4.90 Å². The van der Waals surface area contributed by atoms with Gasteiger partial charge in [0.15, 0.2) is 0 Å². The maximum atomic E-state index is 13.2. The summed E-state index contributed by atoms with van der Waals surface area (Å²) in [6.07, 6.45) is 7.47. The van der Waals surface area contributed by atoms with Gasteiger partial charge in [-0.3, -0.25) is 9.59 Å². The molecule has 3 atom stereocenters. The molecule has 0 spiro atoms. The molecule has 11 heteroatoms. The predicted molar refractivity (Wildman–Crippen MR) is 131 cm³/mol. The molecule has 2 N–H and O–H groups in total. The lowest BCUT2D eigenvalue weighted by Crippen LogP contribution is -2.51. The van der Waals surface area contributed by atoms with Gasteiger partial charge in [-0.25, -0.2) is 19.3 Å². The number of pyridine rings is 1. The van der Waals surface area contributed by atoms with E-state index in [0.29, 0.717) is 29.4 Å². The van der Waals surface area contributed by atoms with Gasteiger partial charge in [-0.1, -0.05) is 11.6 Å². The SMILES string of the molecule is O=C(Nc1ccncn1)c1cc(Cl)cnc1NCC(=O)N1[C@@H]2CC[C@H]1CC(Oc1ccc(F)cc1)C2. The van der Waals surface area contributed by atoms with Crippen LogP contribution in [0.25, 0.3) is 0 Å². The molecule has 2 fully saturated rings. The summed E-state index contributed by atoms with van der Waals surface area (Å²) in [6, 6.07) is 9.19. The van der Waals surface area contributed by atoms with Crippen molar-refractivity contribution in [2.24, 2.45) is 0 Å². The third-order valence-corrected chi connectivity index (χ3v) is 6.63. The highest BCUT2D eigenvalue weighted by Gasteiger charge is 2.43. The smallest absolute Gasteiger partial charge is 0.260 e. The summed E-state index contributed by atoms with van der Waals surface area (Å²) < 4.78 is 19.2. The van der Waals surface area contributed by atoms with Crippen LogP contribution in [0.5, 0.6) is 5.75 Å². The van der Waals surface area contributed by atoms with Crippen LogP contribution in [-0.2, 0) is 4.79 Å². The molecule has 2 saturated heterocycles. The van der Waals surface area contributed by atoms with Gasteiger partial charge in [-0.15, -0.1) is 0 Å². The number of aromatic nitrogens is 3. The molecule has 2 bridgehead atoms. The van der Waals surface area contributed by atoms with Crippen LogP contribution in [0.4, 0.5) is 16.0 Å². The maximum Gasteiger partial charge on any atom is 0.260 e. The number of nitrogens with zero attached hydrogens (tertiary/aromatic N) is 4. The second kappa shape index (κ2) is 10.4. The number of anilines is 2. The number of fused-ring (bicyclic) bond motifs is 2. The summed E-state index contributed by atoms with van der Waals surface area (Å²) in [7, 11) is 0. The Balaban J connectivity index is 1.21. The summed E-state index contributed by atoms with van der Waals surface area (Å²) in [5, 5.41) is 5.97. The standard InChI is InChI=1S/C25H24ClFN6O3/c26-15-9-21(25(35)32-22-7-8-28-14-31-22)24(29-12-15)30-13-23(34)33-17-3-4-18(33)11-20(10-17)36-19-5-1-16(27)2-6-19/h1-2,5-9,12,14,17-18,20H,3-4,10-11,13H2,(H,29,30)(H,28,31,32,35)/t17-,18+,20?. The Labute approximate surface area is 212 Å². The van der Waals surface area contributed by atoms with Crippen molar-refractivity contribution in [3.63, 3.8) is 0 Å². The van der Waals surface area contributed by atoms with E-state index in [9.17, 15) is 14.0 Å². The Morgan fingerprint density at radius 2 is 1.86 bits per heavy atom. The van der Waals surface area contributed by atoms with E-state index >= 15 is 0 Å². The Bertz CT molecular complexity index is 1230. The van der Waals surface area contributed by atoms with Crippen LogP contribution in [0.1, 0.15) is 36.0 Å². The first-order valence-corrected chi connectivity index (χ1v) is 12.0. The van der Waals surface area contributed by atoms with Crippen molar-refractivity contribution in [1.82, 2.24) is 19.9 Å². The number of amides is 2. The minimum Gasteiger partial charge on any atom is -0.490 e. The van der Waals surface area contributed by atoms with E-state index < -0.39 is 5.91 Å². The van der Waals surface area contributed by atoms with Crippen LogP contribution in [0.3, 0.4) is 0 Å². The number of rotatable bonds is 7. The highest BCUT2D eigenvalue weighted by molar-refractivity contribution is 6.31. The number of benzene rings is 1. The van der Waals surface area contributed by atoms with Crippen molar-refractivity contribution < 1.29 is 18.7 Å². The summed E-state index contributed by atoms with van der Waals surface area (Å²) in [6.45, 7) is -0.0150. The van der Waals surface area contributed by atoms with Crippen LogP contribution in [-0.4, -0.2) is 56.4 Å². The number of hydrogen-bond acceptors (Lipinski definition) is 7. The molecule has 1 unspecified atom stereocenters. The molecule has 0 radical (unpaired) electrons. The number of nitrogens with one attached hydrogen (secondary N) is 2. The van der Waals surface area contributed by atoms with E-state index in [0.717, 1.165) is 12.8 Å². The van der Waals surface area contributed by atoms with Crippen molar-refractivity contribution in [2.45, 2.75) is 43.9 Å². The quantitative estimate of drug-likeness (QED) is 0.495. The molecular formula is C25H24ClFN6O3. The van der Waals surface area contributed by atoms with Crippen molar-refractivity contribution in [2.75, 3.05) is 17.2 Å². The van der Waals surface area contributed by atoms with Crippen molar-refractivity contribution in [3.05, 3.63) is 71.5 Å². The molecular weight excluding hydrogens is 487 g/mol. The summed E-state index contributed by atoms with van der Waals surface area (Å²) >= 11 is 6.07. The average Bonchev–Trinajstić information content (AvgIpc) is 3.15. The molecule has 9 nitrogen and oxygen atoms in total. The van der Waals surface area contributed by atoms with Gasteiger partial charge in [0, 0.05) is 37.3 Å². The monoisotopic (exact) mass is 510 g/mol. The first kappa shape index (κ1) is 23.9. The predicted octanol–water partition coefficient (Wildman–Crippen LogP) is 3.93. The number of halogens is 2. The fourth-order valence-electron chi connectivity index (χ4n) is 4.89. The normalized spacial score (nSPS) is 20.6. The summed E-state index contributed by atoms with van der Waals surface area (Å²) in [5.41, 5.74) is 0.197. The molecule has 2 amide bonds. The lowest BCUT2D eigenvalue weighted by atomic mass is 9.99. The molecule has 36 heavy (non-hydrogen) atoms. The molecule has 2 aromatic heterocycles. The van der Waals surface area contributed by atoms with E-state index in [-0.39, 0.29) is 47.8 Å². The Hall–Kier alpha value is -3.79. The van der Waals surface area contributed by atoms with Gasteiger partial charge in [0.05, 0.1) is 17.1 Å². The first-order chi connectivity index (χ1) is 17.5. The van der Waals surface area contributed by atoms with Gasteiger partial charge >= 0.3 is 0 Å². The summed E-state index contributed by atoms with van der Waals surface area (Å²) in [5.74, 6) is 0.378. The lowest BCUT2D eigenvalue weighted by molar-refractivity contribution is -0.135. The zero-order valence-corrected chi connectivity index (χ0v) is 20.0. The Morgan fingerprint density at radius 3 is 2.56 bits per heavy atom. The van der Waals surface area contributed by atoms with Crippen molar-refractivity contribution >= 4 is 35.1 Å². The second-order valence-electron chi connectivity index (χ2n) is 8.80. The molecule has 2 aliphatic rings. The topological polar surface area (TPSA) is 109 Å². The minimum absolute atomic E-state index is 0.0150. The molecule has 2 aliphatic heterocycles. The third kappa shape index (κ3) is 5.38. The minimum atomic E-state index is -0.461. The fourth-order valence-corrected chi connectivity index (χ4v) is 5.05. The average molecular weight is 511 g/mol. The van der Waals surface area contributed by atoms with Crippen LogP contribution in [0, 0.1) is 5.82 Å². The molecule has 5 rings (SSSR count). The van der Waals surface area contributed by atoms with E-state index in [1.54, 1.807) is 18.2 Å². The second-order valence-corrected chi connectivity index (χ2v) is 9.24. The first-order valence-electron chi connectivity index (χ1n) is 11.7. The summed E-state index contributed by atoms with van der Waals surface area (Å²) in [4.78, 5) is 40.0. The molecule has 186 valence electrons. The van der Waals surface area contributed by atoms with Crippen LogP contribution in [0.2, 0.25) is 5.02 Å². The Kier molecular flexibility index (Phi) is 6.95. The van der Waals surface area contributed by atoms with Gasteiger partial charge in [0.25, 0.3) is 5.91 Å². The van der Waals surface area contributed by atoms with Crippen LogP contribution in [0.15, 0.2) is 55.1 Å². The van der Waals surface area contributed by atoms with E-state index in [1.165, 1.54) is 36.9 Å². The molecule has 4 heterocycles. The number of piperidine rings is 1. The van der Waals surface area contributed by atoms with Crippen molar-refractivity contribution in [1.29, 1.82) is 0 Å². The van der Waals surface area contributed by atoms with Crippen LogP contribution < -0.4 is 15.4 Å². The highest BCUT2D eigenvalue weighted by atomic mass is 35.5. The highest BCUT2D eigenvalue weighted by Crippen LogP contribution is 2.37. The molecule has 0 saturated carbocycles. The van der Waals surface area contributed by atoms with Gasteiger partial charge in [0.2, 0.25) is 5.91 Å². The van der Waals surface area contributed by atoms with Gasteiger partial charge in [-0.05, 0) is 49.2 Å². The fraction of sp³-hybridized carbons (Fsp3) is 0.320. The third-order valence-electron chi connectivity index (χ3n) is 6.42. The zero-order valence-electron chi connectivity index (χ0n) is 19.2. The van der Waals surface area contributed by atoms with Gasteiger partial charge in [-0.2, -0.15) is 0 Å². The lowest BCUT2D eigenvalue weighted by Gasteiger charge is -2.39. The molecule has 3 aromatic rings. The van der Waals surface area contributed by atoms with Crippen molar-refractivity contribution in [3.8, 4) is 5.75 Å². The largest absolute Gasteiger partial charge is 0.490 e. The van der Waals surface area contributed by atoms with Crippen LogP contribution >= 0.6 is 11.6 Å². The Morgan fingerprint density at radius 1 is 1.11 bits per heavy atom.